The highest BCUT2D eigenvalue weighted by molar-refractivity contribution is 5.82. The maximum Gasteiger partial charge on any atom is 0.136 e. The Morgan fingerprint density at radius 3 is 2.68 bits per heavy atom. The Balaban J connectivity index is 0.000000602. The van der Waals surface area contributed by atoms with Crippen LogP contribution in [0.15, 0.2) is 0 Å². The summed E-state index contributed by atoms with van der Waals surface area (Å²) in [6.07, 6.45) is 12.2. The van der Waals surface area contributed by atoms with Gasteiger partial charge >= 0.3 is 0 Å². The summed E-state index contributed by atoms with van der Waals surface area (Å²) in [4.78, 5) is 11.9. The van der Waals surface area contributed by atoms with Gasteiger partial charge in [-0.2, -0.15) is 0 Å². The molecular weight excluding hydrogens is 276 g/mol. The minimum atomic E-state index is 0.00977. The molecule has 3 nitrogen and oxygen atoms in total. The maximum absolute atomic E-state index is 11.9. The van der Waals surface area contributed by atoms with E-state index in [1.807, 2.05) is 0 Å². The number of fused-ring (bicyclic) bond motifs is 3. The summed E-state index contributed by atoms with van der Waals surface area (Å²) in [7, 11) is 1.00. The molecule has 5 unspecified atom stereocenters. The summed E-state index contributed by atoms with van der Waals surface area (Å²) in [6, 6.07) is 0. The van der Waals surface area contributed by atoms with Crippen LogP contribution in [0.25, 0.3) is 0 Å². The zero-order valence-electron chi connectivity index (χ0n) is 14.1. The number of hydrogen-bond acceptors (Lipinski definition) is 3. The molecule has 0 amide bonds. The van der Waals surface area contributed by atoms with Crippen LogP contribution in [-0.4, -0.2) is 29.2 Å². The first-order valence-corrected chi connectivity index (χ1v) is 9.25. The van der Waals surface area contributed by atoms with Crippen LogP contribution in [0.5, 0.6) is 0 Å². The lowest BCUT2D eigenvalue weighted by Gasteiger charge is -2.52. The van der Waals surface area contributed by atoms with E-state index in [4.69, 9.17) is 9.84 Å². The SMILES string of the molecule is CC12CCCC1C1CC[C@]34CC(=O)CCC3(O4)C1CC2.CO. The van der Waals surface area contributed by atoms with Gasteiger partial charge in [-0.3, -0.25) is 4.79 Å². The molecule has 1 N–H and O–H groups in total. The second-order valence-corrected chi connectivity index (χ2v) is 8.70. The molecule has 5 aliphatic rings. The highest BCUT2D eigenvalue weighted by Gasteiger charge is 2.78. The molecule has 1 heterocycles. The van der Waals surface area contributed by atoms with Crippen LogP contribution in [-0.2, 0) is 9.53 Å². The summed E-state index contributed by atoms with van der Waals surface area (Å²) in [5.74, 6) is 3.09. The molecule has 1 aliphatic heterocycles. The van der Waals surface area contributed by atoms with Crippen molar-refractivity contribution in [1.29, 1.82) is 0 Å². The molecule has 4 saturated carbocycles. The zero-order chi connectivity index (χ0) is 15.6. The number of rotatable bonds is 0. The quantitative estimate of drug-likeness (QED) is 0.697. The molecule has 1 saturated heterocycles. The molecule has 3 heteroatoms. The number of Topliss-reactive ketones (excluding diaryl/α,β-unsaturated/α-hetero) is 1. The first-order valence-electron chi connectivity index (χ1n) is 9.25. The van der Waals surface area contributed by atoms with Gasteiger partial charge in [0.15, 0.2) is 0 Å². The maximum atomic E-state index is 11.9. The fraction of sp³-hybridized carbons (Fsp3) is 0.947. The highest BCUT2D eigenvalue weighted by atomic mass is 16.6. The van der Waals surface area contributed by atoms with Crippen LogP contribution in [0.4, 0.5) is 0 Å². The van der Waals surface area contributed by atoms with Crippen molar-refractivity contribution in [3.05, 3.63) is 0 Å². The lowest BCUT2D eigenvalue weighted by molar-refractivity contribution is -0.122. The molecule has 5 rings (SSSR count). The molecule has 5 fully saturated rings. The fourth-order valence-corrected chi connectivity index (χ4v) is 7.13. The van der Waals surface area contributed by atoms with Crippen molar-refractivity contribution in [2.24, 2.45) is 23.2 Å². The van der Waals surface area contributed by atoms with Gasteiger partial charge in [-0.1, -0.05) is 13.3 Å². The zero-order valence-corrected chi connectivity index (χ0v) is 14.1. The van der Waals surface area contributed by atoms with Gasteiger partial charge in [-0.05, 0) is 68.1 Å². The molecule has 0 radical (unpaired) electrons. The summed E-state index contributed by atoms with van der Waals surface area (Å²) in [5.41, 5.74) is 0.792. The Labute approximate surface area is 133 Å². The monoisotopic (exact) mass is 306 g/mol. The number of ketones is 1. The van der Waals surface area contributed by atoms with Gasteiger partial charge in [0, 0.05) is 20.0 Å². The van der Waals surface area contributed by atoms with Crippen LogP contribution in [0.2, 0.25) is 0 Å². The van der Waals surface area contributed by atoms with Crippen LogP contribution in [0.1, 0.15) is 71.1 Å². The minimum absolute atomic E-state index is 0.00977. The van der Waals surface area contributed by atoms with Gasteiger partial charge in [0.2, 0.25) is 0 Å². The minimum Gasteiger partial charge on any atom is -0.400 e. The molecule has 22 heavy (non-hydrogen) atoms. The first-order chi connectivity index (χ1) is 10.6. The molecule has 124 valence electrons. The van der Waals surface area contributed by atoms with E-state index in [0.717, 1.165) is 44.1 Å². The van der Waals surface area contributed by atoms with Gasteiger partial charge in [0.25, 0.3) is 0 Å². The number of aliphatic hydroxyl groups excluding tert-OH is 1. The summed E-state index contributed by atoms with van der Waals surface area (Å²) < 4.78 is 6.41. The van der Waals surface area contributed by atoms with E-state index in [1.54, 1.807) is 0 Å². The average Bonchev–Trinajstić information content (AvgIpc) is 3.05. The number of carbonyl (C=O) groups excluding carboxylic acids is 1. The average molecular weight is 306 g/mol. The first kappa shape index (κ1) is 15.1. The van der Waals surface area contributed by atoms with Gasteiger partial charge in [0.05, 0.1) is 0 Å². The third-order valence-electron chi connectivity index (χ3n) is 8.06. The predicted molar refractivity (Wildman–Crippen MR) is 84.4 cm³/mol. The second kappa shape index (κ2) is 4.80. The van der Waals surface area contributed by atoms with Crippen LogP contribution >= 0.6 is 0 Å². The van der Waals surface area contributed by atoms with Gasteiger partial charge < -0.3 is 9.84 Å². The molecule has 0 aromatic carbocycles. The standard InChI is InChI=1S/C18H26O2.CH4O/c1-16-7-2-3-14(16)13-5-9-17-11-12(19)4-10-18(17,20-17)15(13)6-8-16;1-2/h13-15H,2-11H2,1H3;2H,1H3/t13?,14?,15?,16?,17-,18?;/m0./s1. The van der Waals surface area contributed by atoms with E-state index in [9.17, 15) is 4.79 Å². The third kappa shape index (κ3) is 1.73. The molecule has 4 aliphatic carbocycles. The van der Waals surface area contributed by atoms with Gasteiger partial charge in [0.1, 0.15) is 17.0 Å². The summed E-state index contributed by atoms with van der Waals surface area (Å²) in [5, 5.41) is 7.00. The number of epoxide rings is 1. The van der Waals surface area contributed by atoms with Crippen molar-refractivity contribution in [3.8, 4) is 0 Å². The van der Waals surface area contributed by atoms with Crippen LogP contribution in [0.3, 0.4) is 0 Å². The highest BCUT2D eigenvalue weighted by Crippen LogP contribution is 2.72. The van der Waals surface area contributed by atoms with Crippen molar-refractivity contribution in [3.63, 3.8) is 0 Å². The lowest BCUT2D eigenvalue weighted by atomic mass is 9.51. The van der Waals surface area contributed by atoms with E-state index in [2.05, 4.69) is 6.92 Å². The smallest absolute Gasteiger partial charge is 0.136 e. The topological polar surface area (TPSA) is 49.8 Å². The van der Waals surface area contributed by atoms with Gasteiger partial charge in [-0.25, -0.2) is 0 Å². The summed E-state index contributed by atoms with van der Waals surface area (Å²) in [6.45, 7) is 2.55. The van der Waals surface area contributed by atoms with E-state index in [-0.39, 0.29) is 11.2 Å². The molecule has 0 aromatic rings. The molecule has 0 spiro atoms. The molecular formula is C19H30O3. The Hall–Kier alpha value is -0.410. The Bertz CT molecular complexity index is 489. The van der Waals surface area contributed by atoms with Crippen molar-refractivity contribution in [2.75, 3.05) is 7.11 Å². The molecule has 0 aromatic heterocycles. The fourth-order valence-electron chi connectivity index (χ4n) is 7.13. The van der Waals surface area contributed by atoms with E-state index in [1.165, 1.54) is 44.9 Å². The second-order valence-electron chi connectivity index (χ2n) is 8.70. The van der Waals surface area contributed by atoms with Crippen molar-refractivity contribution in [1.82, 2.24) is 0 Å². The normalized spacial score (nSPS) is 55.0. The van der Waals surface area contributed by atoms with Crippen molar-refractivity contribution < 1.29 is 14.6 Å². The van der Waals surface area contributed by atoms with Crippen LogP contribution < -0.4 is 0 Å². The predicted octanol–water partition coefficient (Wildman–Crippen LogP) is 3.48. The molecule has 0 bridgehead atoms. The van der Waals surface area contributed by atoms with Crippen molar-refractivity contribution >= 4 is 5.78 Å². The number of hydrogen-bond donors (Lipinski definition) is 1. The van der Waals surface area contributed by atoms with E-state index in [0.29, 0.717) is 11.2 Å². The lowest BCUT2D eigenvalue weighted by Crippen LogP contribution is -2.52. The van der Waals surface area contributed by atoms with Crippen LogP contribution in [0, 0.1) is 23.2 Å². The Kier molecular flexibility index (Phi) is 3.30. The van der Waals surface area contributed by atoms with E-state index >= 15 is 0 Å². The summed E-state index contributed by atoms with van der Waals surface area (Å²) >= 11 is 0. The Morgan fingerprint density at radius 2 is 1.86 bits per heavy atom. The third-order valence-corrected chi connectivity index (χ3v) is 8.06. The molecule has 6 atom stereocenters. The number of aliphatic hydroxyl groups is 1. The van der Waals surface area contributed by atoms with E-state index < -0.39 is 0 Å². The number of carbonyl (C=O) groups is 1. The number of ether oxygens (including phenoxy) is 1. The van der Waals surface area contributed by atoms with Crippen molar-refractivity contribution in [2.45, 2.75) is 82.3 Å². The Morgan fingerprint density at radius 1 is 1.05 bits per heavy atom. The van der Waals surface area contributed by atoms with Gasteiger partial charge in [-0.15, -0.1) is 0 Å². The largest absolute Gasteiger partial charge is 0.400 e.